The lowest BCUT2D eigenvalue weighted by Crippen LogP contribution is -2.15. The first-order chi connectivity index (χ1) is 29.4. The van der Waals surface area contributed by atoms with E-state index in [2.05, 4.69) is 159 Å². The van der Waals surface area contributed by atoms with Crippen molar-refractivity contribution in [2.75, 3.05) is 0 Å². The van der Waals surface area contributed by atoms with E-state index in [0.717, 1.165) is 50.5 Å². The summed E-state index contributed by atoms with van der Waals surface area (Å²) in [6.07, 6.45) is 12.0. The fourth-order valence-corrected chi connectivity index (χ4v) is 5.19. The Balaban J connectivity index is 0. The van der Waals surface area contributed by atoms with Crippen LogP contribution in [0.4, 0.5) is 0 Å². The highest BCUT2D eigenvalue weighted by Gasteiger charge is 2.22. The second-order valence-electron chi connectivity index (χ2n) is 20.1. The minimum atomic E-state index is -0.0972. The van der Waals surface area contributed by atoms with E-state index in [-0.39, 0.29) is 64.2 Å². The van der Waals surface area contributed by atoms with Gasteiger partial charge >= 0.3 is 0 Å². The molecule has 5 aromatic heterocycles. The second-order valence-corrected chi connectivity index (χ2v) is 20.1. The van der Waals surface area contributed by atoms with Crippen LogP contribution in [0.5, 0.6) is 0 Å². The third kappa shape index (κ3) is 20.2. The van der Waals surface area contributed by atoms with Gasteiger partial charge < -0.3 is 4.42 Å². The number of fused-ring (bicyclic) bond motifs is 2. The molecule has 0 aliphatic carbocycles. The quantitative estimate of drug-likeness (QED) is 0.154. The number of nitrogens with zero attached hydrogens (tertiary/aromatic N) is 11. The maximum Gasteiger partial charge on any atom is 0.247 e. The number of aromatic nitrogens is 11. The summed E-state index contributed by atoms with van der Waals surface area (Å²) in [5, 5.41) is 9.18. The van der Waals surface area contributed by atoms with Gasteiger partial charge in [0.05, 0.1) is 27.9 Å². The van der Waals surface area contributed by atoms with Crippen molar-refractivity contribution in [1.29, 1.82) is 0 Å². The van der Waals surface area contributed by atoms with Crippen molar-refractivity contribution >= 4 is 21.9 Å². The molecular weight excluding hydrogens is 843 g/mol. The van der Waals surface area contributed by atoms with Crippen LogP contribution in [-0.2, 0) is 27.1 Å². The number of hydrogen-bond donors (Lipinski definition) is 0. The minimum absolute atomic E-state index is 0. The Morgan fingerprint density at radius 1 is 0.382 bits per heavy atom. The third-order valence-electron chi connectivity index (χ3n) is 8.96. The van der Waals surface area contributed by atoms with Crippen LogP contribution in [0, 0.1) is 0 Å². The van der Waals surface area contributed by atoms with Crippen LogP contribution in [0.2, 0.25) is 0 Å². The van der Waals surface area contributed by atoms with Crippen molar-refractivity contribution < 1.29 is 4.42 Å². The molecule has 0 saturated carbocycles. The number of benzene rings is 3. The lowest BCUT2D eigenvalue weighted by atomic mass is 9.92. The Morgan fingerprint density at radius 2 is 0.912 bits per heavy atom. The van der Waals surface area contributed by atoms with E-state index in [9.17, 15) is 0 Å². The van der Waals surface area contributed by atoms with E-state index < -0.39 is 0 Å². The molecule has 12 nitrogen and oxygen atoms in total. The minimum Gasteiger partial charge on any atom is -0.420 e. The van der Waals surface area contributed by atoms with Crippen LogP contribution in [0.1, 0.15) is 170 Å². The molecule has 0 fully saturated rings. The van der Waals surface area contributed by atoms with Gasteiger partial charge in [0.15, 0.2) is 0 Å². The monoisotopic (exact) mass is 928 g/mol. The first-order valence-corrected chi connectivity index (χ1v) is 21.2. The van der Waals surface area contributed by atoms with Gasteiger partial charge in [0, 0.05) is 69.0 Å². The highest BCUT2D eigenvalue weighted by Crippen LogP contribution is 2.25. The van der Waals surface area contributed by atoms with Crippen molar-refractivity contribution in [1.82, 2.24) is 55.1 Å². The molecule has 0 unspecified atom stereocenters. The van der Waals surface area contributed by atoms with Gasteiger partial charge in [-0.25, -0.2) is 29.9 Å². The molecule has 0 aliphatic heterocycles. The standard InChI is InChI=1S/C12H14N2O.2C12H14N2.C8H12N2.C7H11N3.5CH4/c1-12(2,3)11-14-13-10(15-11)9-7-5-4-6-8-9;1-12(2,3)11-8-13-9-6-4-5-7-10(9)14-11;1-12(2,3)11-13-8-9-6-4-5-7-10(9)14-11;1-8(2,3)7-6-9-4-5-10-7;1-7(2,3)6-9-4-8-5-10-6;;;;;/h4-8H,1-3H3;2*4-8H,1-3H3;4-6H,1-3H3;4-5H,1-3H3;5*1H4. The van der Waals surface area contributed by atoms with Crippen LogP contribution < -0.4 is 0 Å². The van der Waals surface area contributed by atoms with Crippen molar-refractivity contribution in [3.05, 3.63) is 151 Å². The zero-order valence-electron chi connectivity index (χ0n) is 39.9. The lowest BCUT2D eigenvalue weighted by Gasteiger charge is -2.17. The summed E-state index contributed by atoms with van der Waals surface area (Å²) >= 11 is 0. The first-order valence-electron chi connectivity index (χ1n) is 21.2. The van der Waals surface area contributed by atoms with Gasteiger partial charge in [-0.3, -0.25) is 15.0 Å². The number of rotatable bonds is 1. The molecule has 68 heavy (non-hydrogen) atoms. The van der Waals surface area contributed by atoms with E-state index in [1.54, 1.807) is 18.6 Å². The van der Waals surface area contributed by atoms with Gasteiger partial charge in [0.25, 0.3) is 0 Å². The summed E-state index contributed by atoms with van der Waals surface area (Å²) in [6, 6.07) is 25.8. The fourth-order valence-electron chi connectivity index (χ4n) is 5.19. The largest absolute Gasteiger partial charge is 0.420 e. The van der Waals surface area contributed by atoms with E-state index in [1.165, 1.54) is 12.7 Å². The number of hydrogen-bond acceptors (Lipinski definition) is 12. The fraction of sp³-hybridized carbons (Fsp3) is 0.446. The van der Waals surface area contributed by atoms with Crippen LogP contribution in [0.3, 0.4) is 0 Å². The van der Waals surface area contributed by atoms with E-state index >= 15 is 0 Å². The zero-order valence-corrected chi connectivity index (χ0v) is 39.9. The Kier molecular flexibility index (Phi) is 25.6. The molecule has 0 amide bonds. The van der Waals surface area contributed by atoms with Crippen LogP contribution >= 0.6 is 0 Å². The van der Waals surface area contributed by atoms with Crippen LogP contribution in [0.25, 0.3) is 33.4 Å². The first kappa shape index (κ1) is 63.7. The van der Waals surface area contributed by atoms with Gasteiger partial charge in [-0.15, -0.1) is 10.2 Å². The molecule has 0 spiro atoms. The maximum atomic E-state index is 5.61. The summed E-state index contributed by atoms with van der Waals surface area (Å²) < 4.78 is 5.61. The Labute approximate surface area is 410 Å². The highest BCUT2D eigenvalue weighted by molar-refractivity contribution is 5.77. The third-order valence-corrected chi connectivity index (χ3v) is 8.96. The summed E-state index contributed by atoms with van der Waals surface area (Å²) in [6.45, 7) is 31.5. The molecule has 8 aromatic rings. The molecule has 0 radical (unpaired) electrons. The highest BCUT2D eigenvalue weighted by atomic mass is 16.4. The van der Waals surface area contributed by atoms with Crippen molar-refractivity contribution in [2.45, 2.75) is 168 Å². The molecule has 0 N–H and O–H groups in total. The van der Waals surface area contributed by atoms with Crippen LogP contribution in [0.15, 0.2) is 127 Å². The van der Waals surface area contributed by atoms with Gasteiger partial charge in [-0.05, 0) is 30.3 Å². The second kappa shape index (κ2) is 27.4. The molecule has 3 aromatic carbocycles. The molecule has 0 atom stereocenters. The summed E-state index contributed by atoms with van der Waals surface area (Å²) in [5.74, 6) is 2.99. The van der Waals surface area contributed by atoms with Crippen molar-refractivity contribution in [2.24, 2.45) is 0 Å². The van der Waals surface area contributed by atoms with Gasteiger partial charge in [0.2, 0.25) is 11.8 Å². The molecule has 5 heterocycles. The average molecular weight is 928 g/mol. The molecule has 0 saturated heterocycles. The van der Waals surface area contributed by atoms with Crippen LogP contribution in [-0.4, -0.2) is 55.1 Å². The van der Waals surface area contributed by atoms with Gasteiger partial charge in [-0.1, -0.05) is 190 Å². The number of para-hydroxylation sites is 3. The maximum absolute atomic E-state index is 5.61. The van der Waals surface area contributed by atoms with Gasteiger partial charge in [-0.2, -0.15) is 0 Å². The molecular formula is C56H85N11O. The predicted molar refractivity (Wildman–Crippen MR) is 288 cm³/mol. The molecule has 0 bridgehead atoms. The van der Waals surface area contributed by atoms with Crippen molar-refractivity contribution in [3.63, 3.8) is 0 Å². The topological polar surface area (TPSA) is 155 Å². The summed E-state index contributed by atoms with van der Waals surface area (Å²) in [4.78, 5) is 37.8. The smallest absolute Gasteiger partial charge is 0.247 e. The van der Waals surface area contributed by atoms with Gasteiger partial charge in [0.1, 0.15) is 24.3 Å². The lowest BCUT2D eigenvalue weighted by molar-refractivity contribution is 0.399. The zero-order chi connectivity index (χ0) is 46.5. The molecule has 370 valence electrons. The molecule has 0 aliphatic rings. The summed E-state index contributed by atoms with van der Waals surface area (Å²) in [5.41, 5.74) is 6.12. The van der Waals surface area contributed by atoms with E-state index in [4.69, 9.17) is 4.42 Å². The van der Waals surface area contributed by atoms with Crippen molar-refractivity contribution in [3.8, 4) is 11.5 Å². The normalized spacial score (nSPS) is 10.9. The van der Waals surface area contributed by atoms with E-state index in [0.29, 0.717) is 11.8 Å². The Bertz CT molecular complexity index is 2440. The molecule has 12 heteroatoms. The molecule has 8 rings (SSSR count). The summed E-state index contributed by atoms with van der Waals surface area (Å²) in [7, 11) is 0. The predicted octanol–water partition coefficient (Wildman–Crippen LogP) is 15.0. The Morgan fingerprint density at radius 3 is 1.38 bits per heavy atom. The van der Waals surface area contributed by atoms with E-state index in [1.807, 2.05) is 91.3 Å². The SMILES string of the molecule is C.C.C.C.C.CC(C)(C)c1cnc2ccccc2n1.CC(C)(C)c1cnccn1.CC(C)(C)c1ncc2ccccc2n1.CC(C)(C)c1ncncn1.CC(C)(C)c1nnc(-c2ccccc2)o1. The Hall–Kier alpha value is -6.43. The average Bonchev–Trinajstić information content (AvgIpc) is 3.76.